The predicted octanol–water partition coefficient (Wildman–Crippen LogP) is -0.0477. The van der Waals surface area contributed by atoms with E-state index >= 15 is 0 Å². The van der Waals surface area contributed by atoms with Crippen molar-refractivity contribution in [3.05, 3.63) is 0 Å². The van der Waals surface area contributed by atoms with Crippen molar-refractivity contribution in [3.8, 4) is 0 Å². The standard InChI is InChI=1S/C12H25N3O2/c1-12(2,13)4-3-11(16)14-5-6-15-7-9-17-10-8-15/h3-10,13H2,1-2H3,(H,14,16). The van der Waals surface area contributed by atoms with Crippen LogP contribution in [0.1, 0.15) is 26.7 Å². The van der Waals surface area contributed by atoms with Crippen LogP contribution in [-0.2, 0) is 9.53 Å². The van der Waals surface area contributed by atoms with Crippen LogP contribution in [0.25, 0.3) is 0 Å². The van der Waals surface area contributed by atoms with Crippen molar-refractivity contribution >= 4 is 5.91 Å². The van der Waals surface area contributed by atoms with E-state index in [1.54, 1.807) is 0 Å². The van der Waals surface area contributed by atoms with E-state index in [4.69, 9.17) is 10.5 Å². The van der Waals surface area contributed by atoms with E-state index in [0.29, 0.717) is 13.0 Å². The first kappa shape index (κ1) is 14.4. The van der Waals surface area contributed by atoms with Crippen LogP contribution >= 0.6 is 0 Å². The average molecular weight is 243 g/mol. The third-order valence-corrected chi connectivity index (χ3v) is 2.85. The number of morpholine rings is 1. The van der Waals surface area contributed by atoms with Crippen molar-refractivity contribution in [2.24, 2.45) is 5.73 Å². The molecule has 17 heavy (non-hydrogen) atoms. The normalized spacial score (nSPS) is 18.1. The average Bonchev–Trinajstić information content (AvgIpc) is 2.27. The first-order chi connectivity index (χ1) is 7.97. The maximum Gasteiger partial charge on any atom is 0.220 e. The molecule has 0 aromatic carbocycles. The molecule has 0 aromatic heterocycles. The van der Waals surface area contributed by atoms with Gasteiger partial charge in [0.05, 0.1) is 13.2 Å². The van der Waals surface area contributed by atoms with E-state index in [9.17, 15) is 4.79 Å². The zero-order valence-electron chi connectivity index (χ0n) is 11.0. The third kappa shape index (κ3) is 7.31. The summed E-state index contributed by atoms with van der Waals surface area (Å²) >= 11 is 0. The monoisotopic (exact) mass is 243 g/mol. The number of amides is 1. The van der Waals surface area contributed by atoms with Crippen LogP contribution in [0.5, 0.6) is 0 Å². The Morgan fingerprint density at radius 3 is 2.65 bits per heavy atom. The van der Waals surface area contributed by atoms with Gasteiger partial charge in [0.2, 0.25) is 5.91 Å². The Hall–Kier alpha value is -0.650. The van der Waals surface area contributed by atoms with Gasteiger partial charge < -0.3 is 15.8 Å². The van der Waals surface area contributed by atoms with Gasteiger partial charge in [-0.1, -0.05) is 0 Å². The smallest absolute Gasteiger partial charge is 0.220 e. The van der Waals surface area contributed by atoms with Gasteiger partial charge in [-0.15, -0.1) is 0 Å². The molecule has 1 saturated heterocycles. The summed E-state index contributed by atoms with van der Waals surface area (Å²) < 4.78 is 5.26. The van der Waals surface area contributed by atoms with E-state index in [0.717, 1.165) is 39.3 Å². The van der Waals surface area contributed by atoms with E-state index in [-0.39, 0.29) is 11.4 Å². The fourth-order valence-corrected chi connectivity index (χ4v) is 1.70. The van der Waals surface area contributed by atoms with Crippen molar-refractivity contribution in [2.75, 3.05) is 39.4 Å². The quantitative estimate of drug-likeness (QED) is 0.686. The van der Waals surface area contributed by atoms with E-state index in [2.05, 4.69) is 10.2 Å². The molecule has 1 fully saturated rings. The zero-order chi connectivity index (χ0) is 12.7. The fraction of sp³-hybridized carbons (Fsp3) is 0.917. The van der Waals surface area contributed by atoms with Gasteiger partial charge in [-0.2, -0.15) is 0 Å². The highest BCUT2D eigenvalue weighted by Gasteiger charge is 2.13. The molecule has 0 bridgehead atoms. The Morgan fingerprint density at radius 1 is 1.41 bits per heavy atom. The second kappa shape index (κ2) is 6.93. The number of nitrogens with zero attached hydrogens (tertiary/aromatic N) is 1. The number of carbonyl (C=O) groups excluding carboxylic acids is 1. The second-order valence-electron chi connectivity index (χ2n) is 5.29. The minimum absolute atomic E-state index is 0.0942. The summed E-state index contributed by atoms with van der Waals surface area (Å²) in [6.07, 6.45) is 1.23. The summed E-state index contributed by atoms with van der Waals surface area (Å²) in [5.41, 5.74) is 5.56. The number of rotatable bonds is 6. The molecule has 5 nitrogen and oxygen atoms in total. The molecule has 0 aromatic rings. The first-order valence-electron chi connectivity index (χ1n) is 6.33. The van der Waals surface area contributed by atoms with Gasteiger partial charge in [0.25, 0.3) is 0 Å². The van der Waals surface area contributed by atoms with E-state index < -0.39 is 0 Å². The molecule has 5 heteroatoms. The van der Waals surface area contributed by atoms with Crippen LogP contribution in [0, 0.1) is 0 Å². The molecule has 0 atom stereocenters. The molecule has 1 rings (SSSR count). The second-order valence-corrected chi connectivity index (χ2v) is 5.29. The molecule has 1 aliphatic rings. The lowest BCUT2D eigenvalue weighted by Crippen LogP contribution is -2.41. The van der Waals surface area contributed by atoms with Crippen molar-refractivity contribution < 1.29 is 9.53 Å². The molecule has 1 amide bonds. The first-order valence-corrected chi connectivity index (χ1v) is 6.33. The number of carbonyl (C=O) groups is 1. The molecule has 0 radical (unpaired) electrons. The van der Waals surface area contributed by atoms with Gasteiger partial charge in [-0.05, 0) is 20.3 Å². The van der Waals surface area contributed by atoms with Gasteiger partial charge in [0.15, 0.2) is 0 Å². The van der Waals surface area contributed by atoms with Gasteiger partial charge >= 0.3 is 0 Å². The number of hydrogen-bond donors (Lipinski definition) is 2. The Labute approximate surface area is 104 Å². The molecule has 1 heterocycles. The van der Waals surface area contributed by atoms with Gasteiger partial charge in [-0.3, -0.25) is 9.69 Å². The van der Waals surface area contributed by atoms with E-state index in [1.165, 1.54) is 0 Å². The maximum atomic E-state index is 11.5. The Bertz CT molecular complexity index is 232. The van der Waals surface area contributed by atoms with Crippen LogP contribution in [0.3, 0.4) is 0 Å². The predicted molar refractivity (Wildman–Crippen MR) is 67.8 cm³/mol. The summed E-state index contributed by atoms with van der Waals surface area (Å²) in [6.45, 7) is 9.02. The van der Waals surface area contributed by atoms with Crippen molar-refractivity contribution in [2.45, 2.75) is 32.2 Å². The topological polar surface area (TPSA) is 67.6 Å². The van der Waals surface area contributed by atoms with Gasteiger partial charge in [0.1, 0.15) is 0 Å². The zero-order valence-corrected chi connectivity index (χ0v) is 11.0. The molecule has 100 valence electrons. The number of nitrogens with one attached hydrogen (secondary N) is 1. The van der Waals surface area contributed by atoms with Crippen LogP contribution in [-0.4, -0.2) is 55.7 Å². The van der Waals surface area contributed by atoms with Crippen LogP contribution in [0.15, 0.2) is 0 Å². The molecular weight excluding hydrogens is 218 g/mol. The van der Waals surface area contributed by atoms with Crippen LogP contribution in [0.2, 0.25) is 0 Å². The summed E-state index contributed by atoms with van der Waals surface area (Å²) in [7, 11) is 0. The third-order valence-electron chi connectivity index (χ3n) is 2.85. The van der Waals surface area contributed by atoms with Crippen LogP contribution < -0.4 is 11.1 Å². The van der Waals surface area contributed by atoms with Crippen molar-refractivity contribution in [1.29, 1.82) is 0 Å². The molecule has 0 spiro atoms. The maximum absolute atomic E-state index is 11.5. The fourth-order valence-electron chi connectivity index (χ4n) is 1.70. The SMILES string of the molecule is CC(C)(N)CCC(=O)NCCN1CCOCC1. The number of hydrogen-bond acceptors (Lipinski definition) is 4. The lowest BCUT2D eigenvalue weighted by molar-refractivity contribution is -0.121. The Balaban J connectivity index is 2.03. The highest BCUT2D eigenvalue weighted by molar-refractivity contribution is 5.75. The van der Waals surface area contributed by atoms with Crippen molar-refractivity contribution in [3.63, 3.8) is 0 Å². The summed E-state index contributed by atoms with van der Waals surface area (Å²) in [5.74, 6) is 0.0942. The van der Waals surface area contributed by atoms with Gasteiger partial charge in [-0.25, -0.2) is 0 Å². The molecular formula is C12H25N3O2. The molecule has 0 saturated carbocycles. The lowest BCUT2D eigenvalue weighted by atomic mass is 10.00. The Morgan fingerprint density at radius 2 is 2.06 bits per heavy atom. The summed E-state index contributed by atoms with van der Waals surface area (Å²) in [5, 5.41) is 2.93. The summed E-state index contributed by atoms with van der Waals surface area (Å²) in [4.78, 5) is 13.8. The highest BCUT2D eigenvalue weighted by atomic mass is 16.5. The molecule has 0 unspecified atom stereocenters. The molecule has 1 aliphatic heterocycles. The lowest BCUT2D eigenvalue weighted by Gasteiger charge is -2.26. The molecule has 0 aliphatic carbocycles. The minimum Gasteiger partial charge on any atom is -0.379 e. The Kier molecular flexibility index (Phi) is 5.88. The molecule has 3 N–H and O–H groups in total. The number of ether oxygens (including phenoxy) is 1. The largest absolute Gasteiger partial charge is 0.379 e. The van der Waals surface area contributed by atoms with Crippen LogP contribution in [0.4, 0.5) is 0 Å². The summed E-state index contributed by atoms with van der Waals surface area (Å²) in [6, 6.07) is 0. The van der Waals surface area contributed by atoms with Gasteiger partial charge in [0, 0.05) is 38.1 Å². The highest BCUT2D eigenvalue weighted by Crippen LogP contribution is 2.06. The van der Waals surface area contributed by atoms with E-state index in [1.807, 2.05) is 13.8 Å². The number of nitrogens with two attached hydrogens (primary N) is 1. The minimum atomic E-state index is -0.262. The van der Waals surface area contributed by atoms with Crippen molar-refractivity contribution in [1.82, 2.24) is 10.2 Å².